The van der Waals surface area contributed by atoms with E-state index in [2.05, 4.69) is 25.2 Å². The molecule has 16 heavy (non-hydrogen) atoms. The first-order chi connectivity index (χ1) is 7.77. The van der Waals surface area contributed by atoms with Gasteiger partial charge in [0.15, 0.2) is 0 Å². The highest BCUT2D eigenvalue weighted by molar-refractivity contribution is 7.99. The quantitative estimate of drug-likeness (QED) is 0.866. The van der Waals surface area contributed by atoms with Crippen molar-refractivity contribution in [3.8, 4) is 0 Å². The molecule has 88 valence electrons. The van der Waals surface area contributed by atoms with Crippen LogP contribution in [0, 0.1) is 5.82 Å². The van der Waals surface area contributed by atoms with Crippen LogP contribution in [-0.2, 0) is 5.75 Å². The number of thioether (sulfide) groups is 1. The molecule has 0 amide bonds. The molecule has 0 aromatic heterocycles. The Morgan fingerprint density at radius 3 is 2.94 bits per heavy atom. The summed E-state index contributed by atoms with van der Waals surface area (Å²) in [5, 5.41) is 4.05. The van der Waals surface area contributed by atoms with E-state index in [1.807, 2.05) is 17.8 Å². The van der Waals surface area contributed by atoms with E-state index in [-0.39, 0.29) is 5.82 Å². The monoisotopic (exact) mass is 239 g/mol. The standard InChI is InChI=1S/C13H18FNS/c1-3-12-13(15-4-2)9-6-5-7-11(14)10(9)8-16-12/h5-7,12-13,15H,3-4,8H2,1-2H3. The second-order valence-electron chi connectivity index (χ2n) is 4.10. The van der Waals surface area contributed by atoms with Crippen LogP contribution in [0.25, 0.3) is 0 Å². The summed E-state index contributed by atoms with van der Waals surface area (Å²) in [6.45, 7) is 5.23. The molecule has 1 N–H and O–H groups in total. The molecule has 1 aliphatic heterocycles. The van der Waals surface area contributed by atoms with Gasteiger partial charge in [-0.15, -0.1) is 0 Å². The molecule has 1 nitrogen and oxygen atoms in total. The summed E-state index contributed by atoms with van der Waals surface area (Å²) in [7, 11) is 0. The van der Waals surface area contributed by atoms with Crippen LogP contribution in [0.3, 0.4) is 0 Å². The average molecular weight is 239 g/mol. The molecule has 2 atom stereocenters. The summed E-state index contributed by atoms with van der Waals surface area (Å²) >= 11 is 1.87. The van der Waals surface area contributed by atoms with Crippen LogP contribution in [0.15, 0.2) is 18.2 Å². The SMILES string of the molecule is CCNC1c2cccc(F)c2CSC1CC. The fourth-order valence-electron chi connectivity index (χ4n) is 2.32. The maximum absolute atomic E-state index is 13.7. The Labute approximate surface area is 101 Å². The molecule has 2 unspecified atom stereocenters. The van der Waals surface area contributed by atoms with E-state index in [4.69, 9.17) is 0 Å². The number of fused-ring (bicyclic) bond motifs is 1. The lowest BCUT2D eigenvalue weighted by Gasteiger charge is -2.33. The summed E-state index contributed by atoms with van der Waals surface area (Å²) in [5.74, 6) is 0.755. The van der Waals surface area contributed by atoms with Gasteiger partial charge >= 0.3 is 0 Å². The highest BCUT2D eigenvalue weighted by atomic mass is 32.2. The lowest BCUT2D eigenvalue weighted by atomic mass is 9.96. The summed E-state index contributed by atoms with van der Waals surface area (Å²) in [4.78, 5) is 0. The molecular weight excluding hydrogens is 221 g/mol. The highest BCUT2D eigenvalue weighted by Gasteiger charge is 2.29. The number of hydrogen-bond donors (Lipinski definition) is 1. The highest BCUT2D eigenvalue weighted by Crippen LogP contribution is 2.39. The molecule has 1 aliphatic rings. The third kappa shape index (κ3) is 2.11. The molecule has 0 radical (unpaired) electrons. The van der Waals surface area contributed by atoms with Gasteiger partial charge < -0.3 is 5.32 Å². The molecule has 2 rings (SSSR count). The zero-order valence-electron chi connectivity index (χ0n) is 9.79. The summed E-state index contributed by atoms with van der Waals surface area (Å²) in [6, 6.07) is 5.75. The van der Waals surface area contributed by atoms with Crippen LogP contribution < -0.4 is 5.32 Å². The minimum atomic E-state index is -0.0533. The topological polar surface area (TPSA) is 12.0 Å². The summed E-state index contributed by atoms with van der Waals surface area (Å²) < 4.78 is 13.7. The van der Waals surface area contributed by atoms with Crippen molar-refractivity contribution in [3.05, 3.63) is 35.1 Å². The fourth-order valence-corrected chi connectivity index (χ4v) is 3.68. The van der Waals surface area contributed by atoms with Crippen LogP contribution in [0.5, 0.6) is 0 Å². The third-order valence-electron chi connectivity index (χ3n) is 3.13. The Morgan fingerprint density at radius 2 is 2.25 bits per heavy atom. The molecule has 0 fully saturated rings. The zero-order chi connectivity index (χ0) is 11.5. The Balaban J connectivity index is 2.37. The number of rotatable bonds is 3. The van der Waals surface area contributed by atoms with Gasteiger partial charge in [0, 0.05) is 22.6 Å². The molecule has 0 saturated heterocycles. The smallest absolute Gasteiger partial charge is 0.127 e. The van der Waals surface area contributed by atoms with Gasteiger partial charge in [0.1, 0.15) is 5.82 Å². The predicted octanol–water partition coefficient (Wildman–Crippen LogP) is 3.50. The first kappa shape index (κ1) is 11.9. The first-order valence-corrected chi connectivity index (χ1v) is 6.95. The van der Waals surface area contributed by atoms with Crippen LogP contribution in [0.4, 0.5) is 4.39 Å². The summed E-state index contributed by atoms with van der Waals surface area (Å²) in [6.07, 6.45) is 1.12. The predicted molar refractivity (Wildman–Crippen MR) is 68.2 cm³/mol. The number of benzene rings is 1. The molecule has 0 saturated carbocycles. The summed E-state index contributed by atoms with van der Waals surface area (Å²) in [5.41, 5.74) is 2.05. The zero-order valence-corrected chi connectivity index (χ0v) is 10.6. The van der Waals surface area contributed by atoms with Crippen LogP contribution in [-0.4, -0.2) is 11.8 Å². The molecule has 0 aliphatic carbocycles. The van der Waals surface area contributed by atoms with Crippen molar-refractivity contribution in [3.63, 3.8) is 0 Å². The fraction of sp³-hybridized carbons (Fsp3) is 0.538. The van der Waals surface area contributed by atoms with Gasteiger partial charge in [0.25, 0.3) is 0 Å². The van der Waals surface area contributed by atoms with E-state index in [0.29, 0.717) is 11.3 Å². The van der Waals surface area contributed by atoms with Gasteiger partial charge in [0.2, 0.25) is 0 Å². The maximum Gasteiger partial charge on any atom is 0.127 e. The molecular formula is C13H18FNS. The second-order valence-corrected chi connectivity index (χ2v) is 5.33. The van der Waals surface area contributed by atoms with E-state index in [1.165, 1.54) is 0 Å². The molecule has 0 bridgehead atoms. The lowest BCUT2D eigenvalue weighted by Crippen LogP contribution is -2.33. The van der Waals surface area contributed by atoms with Crippen molar-refractivity contribution in [1.29, 1.82) is 0 Å². The Bertz CT molecular complexity index is 367. The van der Waals surface area contributed by atoms with Gasteiger partial charge in [-0.05, 0) is 24.6 Å². The minimum absolute atomic E-state index is 0.0533. The van der Waals surface area contributed by atoms with Crippen LogP contribution >= 0.6 is 11.8 Å². The van der Waals surface area contributed by atoms with Gasteiger partial charge in [-0.25, -0.2) is 4.39 Å². The third-order valence-corrected chi connectivity index (χ3v) is 4.62. The number of halogens is 1. The normalized spacial score (nSPS) is 24.2. The van der Waals surface area contributed by atoms with Gasteiger partial charge in [-0.1, -0.05) is 26.0 Å². The average Bonchev–Trinajstić information content (AvgIpc) is 2.30. The van der Waals surface area contributed by atoms with Crippen molar-refractivity contribution in [2.75, 3.05) is 6.54 Å². The lowest BCUT2D eigenvalue weighted by molar-refractivity contribution is 0.505. The molecule has 0 spiro atoms. The molecule has 1 aromatic rings. The van der Waals surface area contributed by atoms with Crippen molar-refractivity contribution in [2.24, 2.45) is 0 Å². The van der Waals surface area contributed by atoms with E-state index in [9.17, 15) is 4.39 Å². The minimum Gasteiger partial charge on any atom is -0.309 e. The van der Waals surface area contributed by atoms with Crippen molar-refractivity contribution < 1.29 is 4.39 Å². The number of nitrogens with one attached hydrogen (secondary N) is 1. The largest absolute Gasteiger partial charge is 0.309 e. The van der Waals surface area contributed by atoms with Crippen molar-refractivity contribution in [2.45, 2.75) is 37.3 Å². The second kappa shape index (κ2) is 5.19. The Hall–Kier alpha value is -0.540. The van der Waals surface area contributed by atoms with E-state index < -0.39 is 0 Å². The molecule has 1 aromatic carbocycles. The number of hydrogen-bond acceptors (Lipinski definition) is 2. The Morgan fingerprint density at radius 1 is 1.44 bits per heavy atom. The molecule has 3 heteroatoms. The molecule has 1 heterocycles. The van der Waals surface area contributed by atoms with E-state index >= 15 is 0 Å². The van der Waals surface area contributed by atoms with Gasteiger partial charge in [-0.3, -0.25) is 0 Å². The van der Waals surface area contributed by atoms with Crippen molar-refractivity contribution in [1.82, 2.24) is 5.32 Å². The maximum atomic E-state index is 13.7. The van der Waals surface area contributed by atoms with Crippen LogP contribution in [0.2, 0.25) is 0 Å². The first-order valence-electron chi connectivity index (χ1n) is 5.90. The van der Waals surface area contributed by atoms with Crippen LogP contribution in [0.1, 0.15) is 37.4 Å². The van der Waals surface area contributed by atoms with Crippen molar-refractivity contribution >= 4 is 11.8 Å². The van der Waals surface area contributed by atoms with Gasteiger partial charge in [0.05, 0.1) is 0 Å². The van der Waals surface area contributed by atoms with Gasteiger partial charge in [-0.2, -0.15) is 11.8 Å². The Kier molecular flexibility index (Phi) is 3.87. The van der Waals surface area contributed by atoms with E-state index in [1.54, 1.807) is 6.07 Å². The van der Waals surface area contributed by atoms with E-state index in [0.717, 1.165) is 29.8 Å².